The largest absolute Gasteiger partial charge is 0.462 e. The van der Waals surface area contributed by atoms with Gasteiger partial charge in [-0.15, -0.1) is 0 Å². The lowest BCUT2D eigenvalue weighted by molar-refractivity contribution is -0.167. The van der Waals surface area contributed by atoms with Gasteiger partial charge in [0.15, 0.2) is 0 Å². The number of hydrogen-bond acceptors (Lipinski definition) is 8. The molecule has 8 heteroatoms. The molecule has 2 fully saturated rings. The standard InChI is InChI=1S/C26H40O8/c1-16(2)13-20(32-22(27)9-12-31-24(29)17(3)4)21-14-19(25(30)33-21)15-23(28)34-26(18(5)6)10-7-8-11-26/h16,18-21H,3,7-15H2,1-2,4-6H3. The van der Waals surface area contributed by atoms with Crippen molar-refractivity contribution in [1.29, 1.82) is 0 Å². The molecule has 0 aromatic heterocycles. The predicted octanol–water partition coefficient (Wildman–Crippen LogP) is 4.29. The van der Waals surface area contributed by atoms with Gasteiger partial charge >= 0.3 is 23.9 Å². The van der Waals surface area contributed by atoms with E-state index in [2.05, 4.69) is 20.4 Å². The summed E-state index contributed by atoms with van der Waals surface area (Å²) in [5, 5.41) is 0. The SMILES string of the molecule is C=C(C)C(=O)OCCC(=O)OC(CC(C)C)C1CC(CC(=O)OC2(C(C)C)CCCC2)C(=O)O1. The van der Waals surface area contributed by atoms with Gasteiger partial charge in [-0.2, -0.15) is 0 Å². The Hall–Kier alpha value is -2.38. The van der Waals surface area contributed by atoms with Crippen molar-refractivity contribution >= 4 is 23.9 Å². The Morgan fingerprint density at radius 1 is 1.12 bits per heavy atom. The molecule has 34 heavy (non-hydrogen) atoms. The van der Waals surface area contributed by atoms with Gasteiger partial charge in [-0.1, -0.05) is 34.3 Å². The Kier molecular flexibility index (Phi) is 10.1. The number of cyclic esters (lactones) is 1. The molecular weight excluding hydrogens is 440 g/mol. The van der Waals surface area contributed by atoms with Crippen molar-refractivity contribution < 1.29 is 38.1 Å². The first kappa shape index (κ1) is 27.9. The molecule has 2 aliphatic rings. The average molecular weight is 481 g/mol. The minimum absolute atomic E-state index is 0.0387. The van der Waals surface area contributed by atoms with Crippen molar-refractivity contribution in [3.05, 3.63) is 12.2 Å². The molecule has 0 aromatic rings. The summed E-state index contributed by atoms with van der Waals surface area (Å²) in [5.41, 5.74) is -0.191. The van der Waals surface area contributed by atoms with Gasteiger partial charge in [0, 0.05) is 12.0 Å². The van der Waals surface area contributed by atoms with Gasteiger partial charge in [0.25, 0.3) is 0 Å². The van der Waals surface area contributed by atoms with Crippen LogP contribution in [0.5, 0.6) is 0 Å². The molecule has 3 atom stereocenters. The maximum atomic E-state index is 12.7. The zero-order valence-electron chi connectivity index (χ0n) is 21.2. The number of rotatable bonds is 12. The van der Waals surface area contributed by atoms with Crippen molar-refractivity contribution in [1.82, 2.24) is 0 Å². The Morgan fingerprint density at radius 3 is 2.32 bits per heavy atom. The highest BCUT2D eigenvalue weighted by Gasteiger charge is 2.44. The van der Waals surface area contributed by atoms with Crippen LogP contribution in [0.1, 0.15) is 86.0 Å². The first-order chi connectivity index (χ1) is 15.9. The van der Waals surface area contributed by atoms with E-state index in [4.69, 9.17) is 18.9 Å². The van der Waals surface area contributed by atoms with E-state index in [-0.39, 0.29) is 49.2 Å². The van der Waals surface area contributed by atoms with Crippen LogP contribution in [0.4, 0.5) is 0 Å². The van der Waals surface area contributed by atoms with Crippen LogP contribution in [-0.2, 0) is 38.1 Å². The Labute approximate surface area is 202 Å². The third-order valence-corrected chi connectivity index (χ3v) is 6.64. The van der Waals surface area contributed by atoms with Crippen LogP contribution >= 0.6 is 0 Å². The Morgan fingerprint density at radius 2 is 1.76 bits per heavy atom. The lowest BCUT2D eigenvalue weighted by atomic mass is 9.88. The van der Waals surface area contributed by atoms with Crippen molar-refractivity contribution in [2.75, 3.05) is 6.61 Å². The second-order valence-corrected chi connectivity index (χ2v) is 10.3. The summed E-state index contributed by atoms with van der Waals surface area (Å²) in [7, 11) is 0. The van der Waals surface area contributed by atoms with Gasteiger partial charge in [-0.25, -0.2) is 4.79 Å². The molecule has 1 aliphatic carbocycles. The van der Waals surface area contributed by atoms with Crippen molar-refractivity contribution in [3.8, 4) is 0 Å². The highest BCUT2D eigenvalue weighted by atomic mass is 16.6. The van der Waals surface area contributed by atoms with E-state index in [0.29, 0.717) is 6.42 Å². The first-order valence-electron chi connectivity index (χ1n) is 12.4. The van der Waals surface area contributed by atoms with E-state index in [1.807, 2.05) is 13.8 Å². The molecule has 1 saturated carbocycles. The molecule has 192 valence electrons. The Bertz CT molecular complexity index is 763. The molecule has 3 unspecified atom stereocenters. The van der Waals surface area contributed by atoms with Gasteiger partial charge < -0.3 is 18.9 Å². The zero-order valence-corrected chi connectivity index (χ0v) is 21.2. The summed E-state index contributed by atoms with van der Waals surface area (Å²) in [5.74, 6) is -2.17. The number of carbonyl (C=O) groups is 4. The summed E-state index contributed by atoms with van der Waals surface area (Å²) in [6.45, 7) is 13.0. The zero-order chi connectivity index (χ0) is 25.5. The van der Waals surface area contributed by atoms with Crippen LogP contribution in [0, 0.1) is 17.8 Å². The molecule has 0 radical (unpaired) electrons. The summed E-state index contributed by atoms with van der Waals surface area (Å²) < 4.78 is 22.0. The van der Waals surface area contributed by atoms with Crippen molar-refractivity contribution in [3.63, 3.8) is 0 Å². The number of carbonyl (C=O) groups excluding carboxylic acids is 4. The van der Waals surface area contributed by atoms with Crippen LogP contribution in [0.25, 0.3) is 0 Å². The quantitative estimate of drug-likeness (QED) is 0.231. The molecule has 2 rings (SSSR count). The average Bonchev–Trinajstić information content (AvgIpc) is 3.34. The van der Waals surface area contributed by atoms with Crippen LogP contribution in [0.15, 0.2) is 12.2 Å². The van der Waals surface area contributed by atoms with E-state index in [0.717, 1.165) is 25.7 Å². The van der Waals surface area contributed by atoms with E-state index in [1.165, 1.54) is 6.92 Å². The van der Waals surface area contributed by atoms with E-state index < -0.39 is 41.6 Å². The summed E-state index contributed by atoms with van der Waals surface area (Å²) in [6.07, 6.45) is 3.16. The molecule has 0 N–H and O–H groups in total. The van der Waals surface area contributed by atoms with Crippen LogP contribution < -0.4 is 0 Å². The van der Waals surface area contributed by atoms with E-state index in [1.54, 1.807) is 0 Å². The lowest BCUT2D eigenvalue weighted by Gasteiger charge is -2.33. The third-order valence-electron chi connectivity index (χ3n) is 6.64. The molecule has 8 nitrogen and oxygen atoms in total. The predicted molar refractivity (Wildman–Crippen MR) is 124 cm³/mol. The van der Waals surface area contributed by atoms with E-state index in [9.17, 15) is 19.2 Å². The first-order valence-corrected chi connectivity index (χ1v) is 12.4. The highest BCUT2D eigenvalue weighted by molar-refractivity contribution is 5.87. The molecular formula is C26H40O8. The van der Waals surface area contributed by atoms with Gasteiger partial charge in [-0.05, 0) is 50.9 Å². The van der Waals surface area contributed by atoms with Crippen LogP contribution in [-0.4, -0.2) is 48.3 Å². The topological polar surface area (TPSA) is 105 Å². The second-order valence-electron chi connectivity index (χ2n) is 10.3. The summed E-state index contributed by atoms with van der Waals surface area (Å²) >= 11 is 0. The van der Waals surface area contributed by atoms with Gasteiger partial charge in [0.2, 0.25) is 0 Å². The molecule has 1 saturated heterocycles. The van der Waals surface area contributed by atoms with Gasteiger partial charge in [-0.3, -0.25) is 14.4 Å². The lowest BCUT2D eigenvalue weighted by Crippen LogP contribution is -2.38. The molecule has 1 heterocycles. The molecule has 1 aliphatic heterocycles. The normalized spacial score (nSPS) is 22.4. The molecule has 0 amide bonds. The molecule has 0 aromatic carbocycles. The maximum absolute atomic E-state index is 12.7. The van der Waals surface area contributed by atoms with Crippen LogP contribution in [0.2, 0.25) is 0 Å². The minimum Gasteiger partial charge on any atom is -0.462 e. The van der Waals surface area contributed by atoms with E-state index >= 15 is 0 Å². The van der Waals surface area contributed by atoms with Gasteiger partial charge in [0.1, 0.15) is 24.4 Å². The summed E-state index contributed by atoms with van der Waals surface area (Å²) in [6, 6.07) is 0. The fourth-order valence-electron chi connectivity index (χ4n) is 4.62. The number of esters is 4. The minimum atomic E-state index is -0.633. The monoisotopic (exact) mass is 480 g/mol. The smallest absolute Gasteiger partial charge is 0.333 e. The number of ether oxygens (including phenoxy) is 4. The second kappa shape index (κ2) is 12.4. The molecule has 0 bridgehead atoms. The third kappa shape index (κ3) is 7.84. The van der Waals surface area contributed by atoms with Crippen molar-refractivity contribution in [2.45, 2.75) is 104 Å². The van der Waals surface area contributed by atoms with Gasteiger partial charge in [0.05, 0.1) is 18.8 Å². The Balaban J connectivity index is 1.92. The van der Waals surface area contributed by atoms with Crippen molar-refractivity contribution in [2.24, 2.45) is 17.8 Å². The van der Waals surface area contributed by atoms with Crippen LogP contribution in [0.3, 0.4) is 0 Å². The highest BCUT2D eigenvalue weighted by Crippen LogP contribution is 2.40. The number of hydrogen-bond donors (Lipinski definition) is 0. The fourth-order valence-corrected chi connectivity index (χ4v) is 4.62. The molecule has 0 spiro atoms. The summed E-state index contributed by atoms with van der Waals surface area (Å²) in [4.78, 5) is 49.0. The fraction of sp³-hybridized carbons (Fsp3) is 0.769. The maximum Gasteiger partial charge on any atom is 0.333 e.